The van der Waals surface area contributed by atoms with Gasteiger partial charge in [0.15, 0.2) is 5.89 Å². The molecule has 0 spiro atoms. The number of aliphatic hydroxyl groups is 1. The highest BCUT2D eigenvalue weighted by atomic mass is 32.2. The summed E-state index contributed by atoms with van der Waals surface area (Å²) in [6, 6.07) is 6.87. The average Bonchev–Trinajstić information content (AvgIpc) is 3.45. The van der Waals surface area contributed by atoms with Crippen LogP contribution in [0.1, 0.15) is 43.3 Å². The molecule has 2 aliphatic rings. The van der Waals surface area contributed by atoms with Crippen LogP contribution in [-0.4, -0.2) is 42.5 Å². The monoisotopic (exact) mass is 391 g/mol. The average molecular weight is 391 g/mol. The Balaban J connectivity index is 1.41. The van der Waals surface area contributed by atoms with Crippen molar-refractivity contribution in [3.63, 3.8) is 0 Å². The van der Waals surface area contributed by atoms with Crippen LogP contribution in [-0.2, 0) is 16.6 Å². The highest BCUT2D eigenvalue weighted by Crippen LogP contribution is 2.39. The lowest BCUT2D eigenvalue weighted by molar-refractivity contribution is 0.170. The number of nitrogens with zero attached hydrogens (tertiary/aromatic N) is 2. The van der Waals surface area contributed by atoms with Crippen LogP contribution in [0.15, 0.2) is 39.8 Å². The first-order valence-electron chi connectivity index (χ1n) is 9.46. The molecule has 1 aliphatic carbocycles. The summed E-state index contributed by atoms with van der Waals surface area (Å²) < 4.78 is 33.0. The zero-order valence-electron chi connectivity index (χ0n) is 15.2. The lowest BCUT2D eigenvalue weighted by Gasteiger charge is -2.30. The third-order valence-corrected chi connectivity index (χ3v) is 7.16. The summed E-state index contributed by atoms with van der Waals surface area (Å²) in [6.07, 6.45) is 5.41. The quantitative estimate of drug-likeness (QED) is 0.753. The van der Waals surface area contributed by atoms with Gasteiger partial charge in [-0.3, -0.25) is 0 Å². The molecule has 1 saturated carbocycles. The van der Waals surface area contributed by atoms with E-state index in [1.54, 1.807) is 24.4 Å². The normalized spacial score (nSPS) is 19.3. The predicted octanol–water partition coefficient (Wildman–Crippen LogP) is 2.56. The summed E-state index contributed by atoms with van der Waals surface area (Å²) in [5.41, 5.74) is 0.727. The van der Waals surface area contributed by atoms with Crippen molar-refractivity contribution in [2.45, 2.75) is 43.0 Å². The minimum absolute atomic E-state index is 0.122. The van der Waals surface area contributed by atoms with Crippen molar-refractivity contribution in [3.05, 3.63) is 42.1 Å². The Morgan fingerprint density at radius 3 is 2.70 bits per heavy atom. The van der Waals surface area contributed by atoms with Gasteiger partial charge in [-0.1, -0.05) is 6.07 Å². The van der Waals surface area contributed by atoms with Crippen LogP contribution in [0.2, 0.25) is 0 Å². The van der Waals surface area contributed by atoms with E-state index in [4.69, 9.17) is 4.42 Å². The molecule has 0 radical (unpaired) electrons. The van der Waals surface area contributed by atoms with Gasteiger partial charge in [-0.25, -0.2) is 13.4 Å². The number of benzene rings is 1. The van der Waals surface area contributed by atoms with E-state index in [-0.39, 0.29) is 17.4 Å². The number of hydrogen-bond donors (Lipinski definition) is 2. The number of hydrogen-bond acceptors (Lipinski definition) is 6. The maximum Gasteiger partial charge on any atom is 0.243 e. The third-order valence-electron chi connectivity index (χ3n) is 5.27. The van der Waals surface area contributed by atoms with Crippen LogP contribution in [0.25, 0.3) is 0 Å². The fourth-order valence-corrected chi connectivity index (χ4v) is 4.88. The van der Waals surface area contributed by atoms with Crippen LogP contribution in [0.5, 0.6) is 0 Å². The summed E-state index contributed by atoms with van der Waals surface area (Å²) >= 11 is 0. The second kappa shape index (κ2) is 7.61. The fraction of sp³-hybridized carbons (Fsp3) is 0.526. The first-order valence-corrected chi connectivity index (χ1v) is 10.9. The molecule has 0 unspecified atom stereocenters. The summed E-state index contributed by atoms with van der Waals surface area (Å²) in [5.74, 6) is 2.22. The molecule has 1 aromatic carbocycles. The maximum absolute atomic E-state index is 12.9. The van der Waals surface area contributed by atoms with Gasteiger partial charge in [-0.15, -0.1) is 0 Å². The lowest BCUT2D eigenvalue weighted by atomic mass is 10.00. The van der Waals surface area contributed by atoms with Crippen molar-refractivity contribution >= 4 is 15.7 Å². The molecule has 2 N–H and O–H groups in total. The van der Waals surface area contributed by atoms with E-state index in [0.717, 1.165) is 30.2 Å². The van der Waals surface area contributed by atoms with Crippen LogP contribution in [0.3, 0.4) is 0 Å². The van der Waals surface area contributed by atoms with Crippen molar-refractivity contribution in [3.8, 4) is 0 Å². The highest BCUT2D eigenvalue weighted by molar-refractivity contribution is 7.89. The molecule has 2 heterocycles. The molecule has 8 heteroatoms. The van der Waals surface area contributed by atoms with E-state index in [2.05, 4.69) is 10.3 Å². The Kier molecular flexibility index (Phi) is 5.21. The Morgan fingerprint density at radius 2 is 2.00 bits per heavy atom. The topological polar surface area (TPSA) is 95.7 Å². The number of piperidine rings is 1. The van der Waals surface area contributed by atoms with E-state index >= 15 is 0 Å². The van der Waals surface area contributed by atoms with Crippen molar-refractivity contribution < 1.29 is 17.9 Å². The van der Waals surface area contributed by atoms with Crippen molar-refractivity contribution in [2.24, 2.45) is 5.92 Å². The number of aliphatic hydroxyl groups excluding tert-OH is 1. The molecule has 1 aromatic heterocycles. The molecule has 0 bridgehead atoms. The Labute approximate surface area is 159 Å². The molecular formula is C19H25N3O4S. The third kappa shape index (κ3) is 4.17. The van der Waals surface area contributed by atoms with Gasteiger partial charge in [0.2, 0.25) is 10.0 Å². The number of oxazole rings is 1. The minimum atomic E-state index is -3.52. The Hall–Kier alpha value is -1.90. The molecule has 0 atom stereocenters. The standard InChI is InChI=1S/C19H25N3O4S/c23-13-14-6-8-22(9-7-14)27(24,25)18-3-1-2-16(10-18)20-11-17-12-21-19(26-17)15-4-5-15/h1-3,10,12,14-15,20,23H,4-9,11,13H2. The molecule has 4 rings (SSSR count). The summed E-state index contributed by atoms with van der Waals surface area (Å²) in [7, 11) is -3.52. The van der Waals surface area contributed by atoms with Crippen molar-refractivity contribution in [1.82, 2.24) is 9.29 Å². The Morgan fingerprint density at radius 1 is 1.22 bits per heavy atom. The minimum Gasteiger partial charge on any atom is -0.444 e. The van der Waals surface area contributed by atoms with Gasteiger partial charge >= 0.3 is 0 Å². The number of sulfonamides is 1. The van der Waals surface area contributed by atoms with Gasteiger partial charge in [0, 0.05) is 31.3 Å². The molecule has 1 aliphatic heterocycles. The van der Waals surface area contributed by atoms with Gasteiger partial charge < -0.3 is 14.8 Å². The molecule has 0 amide bonds. The first-order chi connectivity index (χ1) is 13.1. The van der Waals surface area contributed by atoms with Crippen molar-refractivity contribution in [2.75, 3.05) is 25.0 Å². The molecule has 2 fully saturated rings. The van der Waals surface area contributed by atoms with E-state index < -0.39 is 10.0 Å². The summed E-state index contributed by atoms with van der Waals surface area (Å²) in [5, 5.41) is 12.4. The molecule has 146 valence electrons. The van der Waals surface area contributed by atoms with Gasteiger partial charge in [0.1, 0.15) is 5.76 Å². The van der Waals surface area contributed by atoms with Crippen LogP contribution in [0.4, 0.5) is 5.69 Å². The number of nitrogens with one attached hydrogen (secondary N) is 1. The summed E-state index contributed by atoms with van der Waals surface area (Å²) in [6.45, 7) is 1.49. The smallest absolute Gasteiger partial charge is 0.243 e. The van der Waals surface area contributed by atoms with Crippen molar-refractivity contribution in [1.29, 1.82) is 0 Å². The highest BCUT2D eigenvalue weighted by Gasteiger charge is 2.30. The largest absolute Gasteiger partial charge is 0.444 e. The number of rotatable bonds is 7. The molecule has 7 nitrogen and oxygen atoms in total. The van der Waals surface area contributed by atoms with E-state index in [1.807, 2.05) is 6.07 Å². The number of aromatic nitrogens is 1. The van der Waals surface area contributed by atoms with Gasteiger partial charge in [-0.2, -0.15) is 4.31 Å². The fourth-order valence-electron chi connectivity index (χ4n) is 3.36. The zero-order valence-corrected chi connectivity index (χ0v) is 16.0. The van der Waals surface area contributed by atoms with E-state index in [0.29, 0.717) is 38.4 Å². The second-order valence-electron chi connectivity index (χ2n) is 7.35. The molecule has 1 saturated heterocycles. The zero-order chi connectivity index (χ0) is 18.9. The first kappa shape index (κ1) is 18.5. The van der Waals surface area contributed by atoms with E-state index in [1.165, 1.54) is 4.31 Å². The second-order valence-corrected chi connectivity index (χ2v) is 9.29. The SMILES string of the molecule is O=S(=O)(c1cccc(NCc2cnc(C3CC3)o2)c1)N1CCC(CO)CC1. The Bertz CT molecular complexity index is 884. The molecule has 2 aromatic rings. The van der Waals surface area contributed by atoms with Crippen LogP contribution < -0.4 is 5.32 Å². The van der Waals surface area contributed by atoms with Gasteiger partial charge in [0.05, 0.1) is 17.6 Å². The molecule has 27 heavy (non-hydrogen) atoms. The molecular weight excluding hydrogens is 366 g/mol. The number of anilines is 1. The maximum atomic E-state index is 12.9. The lowest BCUT2D eigenvalue weighted by Crippen LogP contribution is -2.39. The van der Waals surface area contributed by atoms with Crippen LogP contribution in [0, 0.1) is 5.92 Å². The van der Waals surface area contributed by atoms with E-state index in [9.17, 15) is 13.5 Å². The van der Waals surface area contributed by atoms with Gasteiger partial charge in [0.25, 0.3) is 0 Å². The predicted molar refractivity (Wildman–Crippen MR) is 101 cm³/mol. The summed E-state index contributed by atoms with van der Waals surface area (Å²) in [4.78, 5) is 4.58. The van der Waals surface area contributed by atoms with Crippen LogP contribution >= 0.6 is 0 Å². The van der Waals surface area contributed by atoms with Gasteiger partial charge in [-0.05, 0) is 49.8 Å².